The number of nitrogens with one attached hydrogen (secondary N) is 1. The summed E-state index contributed by atoms with van der Waals surface area (Å²) in [6.45, 7) is 2.72. The van der Waals surface area contributed by atoms with Gasteiger partial charge in [0.1, 0.15) is 12.0 Å². The summed E-state index contributed by atoms with van der Waals surface area (Å²) in [5.41, 5.74) is 1.33. The number of amides is 1. The van der Waals surface area contributed by atoms with Gasteiger partial charge >= 0.3 is 0 Å². The molecule has 1 atom stereocenters. The Labute approximate surface area is 199 Å². The first-order valence-electron chi connectivity index (χ1n) is 12.4. The number of pyridine rings is 1. The van der Waals surface area contributed by atoms with E-state index in [1.807, 2.05) is 12.1 Å². The number of carbonyl (C=O) groups excluding carboxylic acids is 1. The quantitative estimate of drug-likeness (QED) is 0.655. The number of alkyl halides is 1. The van der Waals surface area contributed by atoms with E-state index in [1.165, 1.54) is 5.56 Å². The number of rotatable bonds is 4. The van der Waals surface area contributed by atoms with E-state index in [1.54, 1.807) is 6.20 Å². The van der Waals surface area contributed by atoms with Crippen molar-refractivity contribution in [2.75, 3.05) is 31.6 Å². The van der Waals surface area contributed by atoms with Crippen LogP contribution < -0.4 is 5.32 Å². The van der Waals surface area contributed by atoms with Crippen LogP contribution >= 0.6 is 11.6 Å². The third kappa shape index (κ3) is 4.15. The van der Waals surface area contributed by atoms with Crippen molar-refractivity contribution >= 4 is 34.1 Å². The van der Waals surface area contributed by atoms with E-state index in [2.05, 4.69) is 21.3 Å². The number of nitrogens with zero attached hydrogens (tertiary/aromatic N) is 2. The number of halogens is 2. The van der Waals surface area contributed by atoms with Crippen molar-refractivity contribution in [3.8, 4) is 0 Å². The second-order valence-corrected chi connectivity index (χ2v) is 11.0. The Balaban J connectivity index is 1.14. The molecular formula is C26H31ClFN3O2. The molecule has 1 N–H and O–H groups in total. The number of aromatic nitrogens is 1. The average molecular weight is 472 g/mol. The largest absolute Gasteiger partial charge is 0.381 e. The molecule has 0 radical (unpaired) electrons. The van der Waals surface area contributed by atoms with Crippen molar-refractivity contribution in [3.63, 3.8) is 0 Å². The minimum Gasteiger partial charge on any atom is -0.381 e. The fraction of sp³-hybridized carbons (Fsp3) is 0.615. The molecule has 6 rings (SSSR count). The molecular weight excluding hydrogens is 441 g/mol. The molecule has 4 aliphatic rings. The first kappa shape index (κ1) is 21.8. The maximum atomic E-state index is 13.2. The summed E-state index contributed by atoms with van der Waals surface area (Å²) in [6.07, 6.45) is 8.42. The summed E-state index contributed by atoms with van der Waals surface area (Å²) in [6, 6.07) is 6.66. The zero-order valence-electron chi connectivity index (χ0n) is 18.9. The molecule has 2 saturated heterocycles. The van der Waals surface area contributed by atoms with Gasteiger partial charge in [-0.2, -0.15) is 0 Å². The van der Waals surface area contributed by atoms with Gasteiger partial charge in [0.2, 0.25) is 5.91 Å². The molecule has 0 unspecified atom stereocenters. The van der Waals surface area contributed by atoms with Crippen molar-refractivity contribution < 1.29 is 13.9 Å². The molecule has 0 bridgehead atoms. The summed E-state index contributed by atoms with van der Waals surface area (Å²) >= 11 is 6.68. The van der Waals surface area contributed by atoms with Crippen molar-refractivity contribution in [1.29, 1.82) is 0 Å². The van der Waals surface area contributed by atoms with Crippen LogP contribution in [-0.4, -0.2) is 54.3 Å². The Hall–Kier alpha value is -1.76. The molecule has 2 aliphatic carbocycles. The van der Waals surface area contributed by atoms with E-state index in [-0.39, 0.29) is 17.2 Å². The van der Waals surface area contributed by atoms with Crippen LogP contribution in [0.1, 0.15) is 56.4 Å². The summed E-state index contributed by atoms with van der Waals surface area (Å²) in [5.74, 6) is 1.19. The second kappa shape index (κ2) is 8.47. The van der Waals surface area contributed by atoms with Crippen molar-refractivity contribution in [3.05, 3.63) is 35.0 Å². The first-order valence-corrected chi connectivity index (χ1v) is 12.7. The summed E-state index contributed by atoms with van der Waals surface area (Å²) in [4.78, 5) is 19.6. The van der Waals surface area contributed by atoms with Gasteiger partial charge in [0.05, 0.1) is 0 Å². The minimum atomic E-state index is -0.636. The van der Waals surface area contributed by atoms with Gasteiger partial charge in [-0.15, -0.1) is 0 Å². The van der Waals surface area contributed by atoms with E-state index in [0.717, 1.165) is 74.0 Å². The van der Waals surface area contributed by atoms with Crippen LogP contribution in [0.15, 0.2) is 24.4 Å². The zero-order chi connectivity index (χ0) is 22.6. The van der Waals surface area contributed by atoms with Gasteiger partial charge in [0.25, 0.3) is 0 Å². The monoisotopic (exact) mass is 471 g/mol. The van der Waals surface area contributed by atoms with E-state index in [0.29, 0.717) is 30.9 Å². The highest BCUT2D eigenvalue weighted by atomic mass is 35.5. The standard InChI is InChI=1S/C26H31ClFN3O2/c27-23-10-18-13-29-24(30-25(32)22-12-26(22)5-7-33-8-6-26)11-17(18)9-21(23)16-1-3-20(4-2-16)31-14-19(28)15-31/h9-11,13,16,19-20,22H,1-8,12,14-15H2,(H,29,30,32)/t16-,20-,22-/m1/s1. The molecule has 2 aromatic rings. The van der Waals surface area contributed by atoms with Crippen LogP contribution in [-0.2, 0) is 9.53 Å². The molecule has 33 heavy (non-hydrogen) atoms. The molecule has 1 amide bonds. The van der Waals surface area contributed by atoms with Gasteiger partial charge < -0.3 is 10.1 Å². The molecule has 1 aromatic carbocycles. The third-order valence-electron chi connectivity index (χ3n) is 8.60. The minimum absolute atomic E-state index is 0.0777. The maximum Gasteiger partial charge on any atom is 0.229 e. The van der Waals surface area contributed by atoms with Gasteiger partial charge in [0.15, 0.2) is 0 Å². The highest BCUT2D eigenvalue weighted by Gasteiger charge is 2.58. The fourth-order valence-corrected chi connectivity index (χ4v) is 6.66. The summed E-state index contributed by atoms with van der Waals surface area (Å²) in [5, 5.41) is 5.89. The van der Waals surface area contributed by atoms with Crippen LogP contribution in [0.2, 0.25) is 5.02 Å². The molecule has 176 valence electrons. The molecule has 3 heterocycles. The number of fused-ring (bicyclic) bond motifs is 1. The Bertz CT molecular complexity index is 1060. The number of ether oxygens (including phenoxy) is 1. The van der Waals surface area contributed by atoms with E-state index in [9.17, 15) is 9.18 Å². The molecule has 1 aromatic heterocycles. The lowest BCUT2D eigenvalue weighted by Crippen LogP contribution is -2.54. The lowest BCUT2D eigenvalue weighted by molar-refractivity contribution is -0.118. The van der Waals surface area contributed by atoms with Gasteiger partial charge in [-0.3, -0.25) is 9.69 Å². The summed E-state index contributed by atoms with van der Waals surface area (Å²) < 4.78 is 18.7. The molecule has 4 fully saturated rings. The van der Waals surface area contributed by atoms with Crippen LogP contribution in [0, 0.1) is 11.3 Å². The number of carbonyl (C=O) groups is 1. The number of benzene rings is 1. The smallest absolute Gasteiger partial charge is 0.229 e. The van der Waals surface area contributed by atoms with Gasteiger partial charge in [-0.05, 0) is 85.4 Å². The fourth-order valence-electron chi connectivity index (χ4n) is 6.33. The molecule has 2 aliphatic heterocycles. The summed E-state index contributed by atoms with van der Waals surface area (Å²) in [7, 11) is 0. The van der Waals surface area contributed by atoms with Crippen molar-refractivity contribution in [2.45, 2.75) is 63.1 Å². The normalized spacial score (nSPS) is 29.7. The lowest BCUT2D eigenvalue weighted by Gasteiger charge is -2.43. The van der Waals surface area contributed by atoms with Crippen LogP contribution in [0.25, 0.3) is 10.8 Å². The Morgan fingerprint density at radius 1 is 1.12 bits per heavy atom. The van der Waals surface area contributed by atoms with Crippen LogP contribution in [0.3, 0.4) is 0 Å². The predicted octanol–water partition coefficient (Wildman–Crippen LogP) is 5.32. The van der Waals surface area contributed by atoms with Crippen molar-refractivity contribution in [2.24, 2.45) is 11.3 Å². The van der Waals surface area contributed by atoms with E-state index >= 15 is 0 Å². The first-order chi connectivity index (χ1) is 16.0. The Morgan fingerprint density at radius 2 is 1.88 bits per heavy atom. The Kier molecular flexibility index (Phi) is 5.58. The van der Waals surface area contributed by atoms with Gasteiger partial charge in [-0.25, -0.2) is 9.37 Å². The number of likely N-dealkylation sites (tertiary alicyclic amines) is 1. The van der Waals surface area contributed by atoms with Crippen LogP contribution in [0.5, 0.6) is 0 Å². The third-order valence-corrected chi connectivity index (χ3v) is 8.93. The number of hydrogen-bond acceptors (Lipinski definition) is 4. The van der Waals surface area contributed by atoms with Gasteiger partial charge in [0, 0.05) is 54.9 Å². The predicted molar refractivity (Wildman–Crippen MR) is 127 cm³/mol. The highest BCUT2D eigenvalue weighted by Crippen LogP contribution is 2.59. The Morgan fingerprint density at radius 3 is 2.61 bits per heavy atom. The lowest BCUT2D eigenvalue weighted by atomic mass is 9.80. The van der Waals surface area contributed by atoms with E-state index < -0.39 is 6.17 Å². The number of anilines is 1. The molecule has 7 heteroatoms. The SMILES string of the molecule is O=C(Nc1cc2cc([C@H]3CC[C@H](N4CC(F)C4)CC3)c(Cl)cc2cn1)[C@H]1CC12CCOCC2. The van der Waals surface area contributed by atoms with Crippen molar-refractivity contribution in [1.82, 2.24) is 9.88 Å². The molecule has 1 spiro atoms. The highest BCUT2D eigenvalue weighted by molar-refractivity contribution is 6.32. The zero-order valence-corrected chi connectivity index (χ0v) is 19.6. The number of hydrogen-bond donors (Lipinski definition) is 1. The second-order valence-electron chi connectivity index (χ2n) is 10.6. The average Bonchev–Trinajstić information content (AvgIpc) is 3.50. The van der Waals surface area contributed by atoms with Crippen LogP contribution in [0.4, 0.5) is 10.2 Å². The van der Waals surface area contributed by atoms with E-state index in [4.69, 9.17) is 16.3 Å². The maximum absolute atomic E-state index is 13.2. The molecule has 2 saturated carbocycles. The topological polar surface area (TPSA) is 54.5 Å². The molecule has 5 nitrogen and oxygen atoms in total. The van der Waals surface area contributed by atoms with Gasteiger partial charge in [-0.1, -0.05) is 11.6 Å².